The summed E-state index contributed by atoms with van der Waals surface area (Å²) in [6.07, 6.45) is 0.974. The smallest absolute Gasteiger partial charge is 0.254 e. The van der Waals surface area contributed by atoms with Crippen molar-refractivity contribution in [3.63, 3.8) is 0 Å². The van der Waals surface area contributed by atoms with Gasteiger partial charge in [-0.25, -0.2) is 4.99 Å². The maximum Gasteiger partial charge on any atom is 0.254 e. The molecule has 0 radical (unpaired) electrons. The Morgan fingerprint density at radius 3 is 2.68 bits per heavy atom. The van der Waals surface area contributed by atoms with Crippen molar-refractivity contribution in [1.29, 1.82) is 0 Å². The highest BCUT2D eigenvalue weighted by Crippen LogP contribution is 2.09. The molecule has 4 N–H and O–H groups in total. The molecule has 138 valence electrons. The summed E-state index contributed by atoms with van der Waals surface area (Å²) in [5.74, 6) is 0.173. The van der Waals surface area contributed by atoms with Gasteiger partial charge < -0.3 is 21.3 Å². The number of carbonyl (C=O) groups is 2. The van der Waals surface area contributed by atoms with E-state index in [1.807, 2.05) is 19.1 Å². The molecule has 8 heteroatoms. The summed E-state index contributed by atoms with van der Waals surface area (Å²) < 4.78 is 0. The molecule has 0 aromatic heterocycles. The van der Waals surface area contributed by atoms with Gasteiger partial charge in [0.1, 0.15) is 0 Å². The van der Waals surface area contributed by atoms with Crippen LogP contribution in [-0.2, 0) is 11.3 Å². The van der Waals surface area contributed by atoms with Gasteiger partial charge in [-0.2, -0.15) is 0 Å². The number of hydrogen-bond acceptors (Lipinski definition) is 3. The quantitative estimate of drug-likeness (QED) is 0.349. The Hall–Kier alpha value is -1.84. The van der Waals surface area contributed by atoms with Crippen LogP contribution in [0.4, 0.5) is 0 Å². The van der Waals surface area contributed by atoms with Crippen LogP contribution >= 0.6 is 24.0 Å². The lowest BCUT2D eigenvalue weighted by Crippen LogP contribution is -2.49. The molecule has 1 heterocycles. The van der Waals surface area contributed by atoms with Gasteiger partial charge in [0.15, 0.2) is 5.96 Å². The van der Waals surface area contributed by atoms with Gasteiger partial charge in [0.05, 0.1) is 13.1 Å². The maximum atomic E-state index is 12.4. The van der Waals surface area contributed by atoms with Gasteiger partial charge in [0.2, 0.25) is 5.91 Å². The number of amides is 2. The Morgan fingerprint density at radius 1 is 1.40 bits per heavy atom. The normalized spacial score (nSPS) is 15.8. The van der Waals surface area contributed by atoms with Gasteiger partial charge in [0, 0.05) is 24.7 Å². The van der Waals surface area contributed by atoms with Gasteiger partial charge in [-0.1, -0.05) is 19.1 Å². The summed E-state index contributed by atoms with van der Waals surface area (Å²) in [5, 5.41) is 5.81. The van der Waals surface area contributed by atoms with E-state index in [2.05, 4.69) is 22.5 Å². The van der Waals surface area contributed by atoms with Gasteiger partial charge >= 0.3 is 0 Å². The van der Waals surface area contributed by atoms with Crippen LogP contribution < -0.4 is 16.4 Å². The van der Waals surface area contributed by atoms with Crippen molar-refractivity contribution in [1.82, 2.24) is 15.5 Å². The van der Waals surface area contributed by atoms with E-state index in [1.165, 1.54) is 0 Å². The van der Waals surface area contributed by atoms with E-state index in [-0.39, 0.29) is 48.4 Å². The van der Waals surface area contributed by atoms with E-state index < -0.39 is 0 Å². The first kappa shape index (κ1) is 21.2. The number of nitrogens with one attached hydrogen (secondary N) is 2. The summed E-state index contributed by atoms with van der Waals surface area (Å²) in [6, 6.07) is 7.53. The number of nitrogens with zero attached hydrogens (tertiary/aromatic N) is 2. The molecule has 0 bridgehead atoms. The second-order valence-corrected chi connectivity index (χ2v) is 5.93. The molecular weight excluding hydrogens is 433 g/mol. The van der Waals surface area contributed by atoms with E-state index in [4.69, 9.17) is 5.73 Å². The molecule has 25 heavy (non-hydrogen) atoms. The Balaban J connectivity index is 0.00000312. The minimum Gasteiger partial charge on any atom is -0.370 e. The highest BCUT2D eigenvalue weighted by molar-refractivity contribution is 14.0. The average molecular weight is 459 g/mol. The lowest BCUT2D eigenvalue weighted by atomic mass is 10.1. The minimum atomic E-state index is -0.127. The fourth-order valence-corrected chi connectivity index (χ4v) is 2.32. The van der Waals surface area contributed by atoms with E-state index in [0.717, 1.165) is 12.0 Å². The zero-order valence-electron chi connectivity index (χ0n) is 14.6. The Morgan fingerprint density at radius 2 is 2.08 bits per heavy atom. The van der Waals surface area contributed by atoms with E-state index in [0.29, 0.717) is 31.2 Å². The SMILES string of the molecule is CCC(C)NC(N)=NCc1ccc(C(=O)N2CCNC(=O)C2)cc1.I. The van der Waals surface area contributed by atoms with Crippen molar-refractivity contribution in [3.05, 3.63) is 35.4 Å². The summed E-state index contributed by atoms with van der Waals surface area (Å²) in [6.45, 7) is 5.73. The van der Waals surface area contributed by atoms with Crippen LogP contribution in [0.5, 0.6) is 0 Å². The molecule has 1 aliphatic rings. The number of hydrogen-bond donors (Lipinski definition) is 3. The number of rotatable bonds is 5. The molecule has 0 aliphatic carbocycles. The number of piperazine rings is 1. The topological polar surface area (TPSA) is 99.8 Å². The molecule has 1 aromatic rings. The van der Waals surface area contributed by atoms with E-state index in [9.17, 15) is 9.59 Å². The number of benzene rings is 1. The minimum absolute atomic E-state index is 0. The summed E-state index contributed by atoms with van der Waals surface area (Å²) in [4.78, 5) is 29.6. The van der Waals surface area contributed by atoms with E-state index in [1.54, 1.807) is 17.0 Å². The first-order valence-electron chi connectivity index (χ1n) is 8.21. The molecule has 2 rings (SSSR count). The van der Waals surface area contributed by atoms with Crippen LogP contribution in [0.3, 0.4) is 0 Å². The Labute approximate surface area is 165 Å². The predicted molar refractivity (Wildman–Crippen MR) is 109 cm³/mol. The third-order valence-electron chi connectivity index (χ3n) is 3.97. The molecule has 1 aliphatic heterocycles. The molecule has 1 atom stereocenters. The maximum absolute atomic E-state index is 12.4. The first-order chi connectivity index (χ1) is 11.5. The Kier molecular flexibility index (Phi) is 8.67. The van der Waals surface area contributed by atoms with Crippen molar-refractivity contribution in [2.45, 2.75) is 32.9 Å². The van der Waals surface area contributed by atoms with Crippen LogP contribution in [-0.4, -0.2) is 48.3 Å². The van der Waals surface area contributed by atoms with Crippen molar-refractivity contribution in [3.8, 4) is 0 Å². The molecule has 0 spiro atoms. The fourth-order valence-electron chi connectivity index (χ4n) is 2.32. The molecule has 0 saturated carbocycles. The zero-order valence-corrected chi connectivity index (χ0v) is 16.9. The molecule has 2 amide bonds. The molecule has 1 aromatic carbocycles. The first-order valence-corrected chi connectivity index (χ1v) is 8.21. The highest BCUT2D eigenvalue weighted by Gasteiger charge is 2.21. The summed E-state index contributed by atoms with van der Waals surface area (Å²) in [5.41, 5.74) is 7.37. The number of carbonyl (C=O) groups excluding carboxylic acids is 2. The van der Waals surface area contributed by atoms with Crippen molar-refractivity contribution < 1.29 is 9.59 Å². The average Bonchev–Trinajstić information content (AvgIpc) is 2.59. The van der Waals surface area contributed by atoms with Crippen molar-refractivity contribution in [2.75, 3.05) is 19.6 Å². The van der Waals surface area contributed by atoms with Crippen LogP contribution in [0.25, 0.3) is 0 Å². The lowest BCUT2D eigenvalue weighted by molar-refractivity contribution is -0.123. The number of nitrogens with two attached hydrogens (primary N) is 1. The number of aliphatic imine (C=N–C) groups is 1. The number of guanidine groups is 1. The second kappa shape index (κ2) is 10.2. The van der Waals surface area contributed by atoms with Crippen molar-refractivity contribution in [2.24, 2.45) is 10.7 Å². The third kappa shape index (κ3) is 6.52. The molecule has 1 fully saturated rings. The van der Waals surface area contributed by atoms with Gasteiger partial charge in [-0.05, 0) is 31.0 Å². The Bertz CT molecular complexity index is 618. The summed E-state index contributed by atoms with van der Waals surface area (Å²) in [7, 11) is 0. The van der Waals surface area contributed by atoms with Crippen LogP contribution in [0, 0.1) is 0 Å². The second-order valence-electron chi connectivity index (χ2n) is 5.93. The van der Waals surface area contributed by atoms with Gasteiger partial charge in [-0.3, -0.25) is 9.59 Å². The van der Waals surface area contributed by atoms with E-state index >= 15 is 0 Å². The lowest BCUT2D eigenvalue weighted by Gasteiger charge is -2.26. The predicted octanol–water partition coefficient (Wildman–Crippen LogP) is 1.08. The molecule has 1 saturated heterocycles. The largest absolute Gasteiger partial charge is 0.370 e. The van der Waals surface area contributed by atoms with Crippen LogP contribution in [0.2, 0.25) is 0 Å². The monoisotopic (exact) mass is 459 g/mol. The third-order valence-corrected chi connectivity index (χ3v) is 3.97. The van der Waals surface area contributed by atoms with Gasteiger partial charge in [-0.15, -0.1) is 24.0 Å². The molecular formula is C17H26IN5O2. The summed E-state index contributed by atoms with van der Waals surface area (Å²) >= 11 is 0. The van der Waals surface area contributed by atoms with Crippen LogP contribution in [0.15, 0.2) is 29.3 Å². The molecule has 1 unspecified atom stereocenters. The van der Waals surface area contributed by atoms with Gasteiger partial charge in [0.25, 0.3) is 5.91 Å². The fraction of sp³-hybridized carbons (Fsp3) is 0.471. The standard InChI is InChI=1S/C17H25N5O2.HI/c1-3-12(2)21-17(18)20-10-13-4-6-14(7-5-13)16(24)22-9-8-19-15(23)11-22;/h4-7,12H,3,8-11H2,1-2H3,(H,19,23)(H3,18,20,21);1H. The van der Waals surface area contributed by atoms with Crippen LogP contribution in [0.1, 0.15) is 36.2 Å². The highest BCUT2D eigenvalue weighted by atomic mass is 127. The van der Waals surface area contributed by atoms with Crippen molar-refractivity contribution >= 4 is 41.8 Å². The number of halogens is 1. The zero-order chi connectivity index (χ0) is 17.5. The molecule has 7 nitrogen and oxygen atoms in total.